The van der Waals surface area contributed by atoms with Crippen LogP contribution in [-0.2, 0) is 0 Å². The molecular formula is C12H12F12O. The van der Waals surface area contributed by atoms with Crippen LogP contribution in [0.2, 0.25) is 0 Å². The van der Waals surface area contributed by atoms with Crippen molar-refractivity contribution in [1.82, 2.24) is 0 Å². The van der Waals surface area contributed by atoms with Gasteiger partial charge in [0.1, 0.15) is 0 Å². The Bertz CT molecular complexity index is 421. The van der Waals surface area contributed by atoms with E-state index in [1.165, 1.54) is 0 Å². The number of alkyl halides is 12. The third kappa shape index (κ3) is 4.27. The van der Waals surface area contributed by atoms with E-state index in [9.17, 15) is 52.7 Å². The van der Waals surface area contributed by atoms with Crippen LogP contribution in [0.5, 0.6) is 0 Å². The first kappa shape index (κ1) is 22.2. The van der Waals surface area contributed by atoms with Crippen molar-refractivity contribution in [3.8, 4) is 0 Å². The molecule has 0 spiro atoms. The fourth-order valence-corrected chi connectivity index (χ4v) is 3.21. The molecule has 1 rings (SSSR count). The summed E-state index contributed by atoms with van der Waals surface area (Å²) < 4.78 is 152. The van der Waals surface area contributed by atoms with E-state index in [0.29, 0.717) is 0 Å². The van der Waals surface area contributed by atoms with Gasteiger partial charge < -0.3 is 5.11 Å². The molecule has 25 heavy (non-hydrogen) atoms. The molecule has 0 aliphatic heterocycles. The van der Waals surface area contributed by atoms with Gasteiger partial charge in [0.25, 0.3) is 5.60 Å². The molecule has 0 amide bonds. The molecule has 0 unspecified atom stereocenters. The molecule has 1 fully saturated rings. The van der Waals surface area contributed by atoms with E-state index in [-0.39, 0.29) is 0 Å². The Morgan fingerprint density at radius 3 is 1.16 bits per heavy atom. The molecule has 1 nitrogen and oxygen atoms in total. The summed E-state index contributed by atoms with van der Waals surface area (Å²) >= 11 is 0. The van der Waals surface area contributed by atoms with Gasteiger partial charge in [0.15, 0.2) is 5.92 Å². The number of rotatable bonds is 2. The summed E-state index contributed by atoms with van der Waals surface area (Å²) in [5, 5.41) is 9.16. The molecule has 0 radical (unpaired) electrons. The highest BCUT2D eigenvalue weighted by Crippen LogP contribution is 2.55. The summed E-state index contributed by atoms with van der Waals surface area (Å²) in [6.07, 6.45) is -28.7. The smallest absolute Gasteiger partial charge is 0.373 e. The maximum Gasteiger partial charge on any atom is 0.426 e. The van der Waals surface area contributed by atoms with Crippen molar-refractivity contribution in [1.29, 1.82) is 0 Å². The average Bonchev–Trinajstić information content (AvgIpc) is 2.32. The van der Waals surface area contributed by atoms with Crippen molar-refractivity contribution in [3.05, 3.63) is 0 Å². The summed E-state index contributed by atoms with van der Waals surface area (Å²) in [5.74, 6) is -8.63. The maximum absolute atomic E-state index is 12.7. The summed E-state index contributed by atoms with van der Waals surface area (Å²) in [7, 11) is 0. The van der Waals surface area contributed by atoms with E-state index in [1.807, 2.05) is 0 Å². The molecule has 0 aromatic heterocycles. The first-order valence-corrected chi connectivity index (χ1v) is 6.82. The second-order valence-corrected chi connectivity index (χ2v) is 5.93. The Morgan fingerprint density at radius 1 is 0.600 bits per heavy atom. The zero-order valence-corrected chi connectivity index (χ0v) is 12.0. The lowest BCUT2D eigenvalue weighted by atomic mass is 9.69. The SMILES string of the molecule is OC(C1CCC(C(C(F)(F)F)C(F)(F)F)CC1)(C(F)(F)F)C(F)(F)F. The fourth-order valence-electron chi connectivity index (χ4n) is 3.21. The molecule has 0 aromatic carbocycles. The second kappa shape index (κ2) is 6.38. The topological polar surface area (TPSA) is 20.2 Å². The Balaban J connectivity index is 3.04. The molecule has 13 heteroatoms. The van der Waals surface area contributed by atoms with Crippen molar-refractivity contribution < 1.29 is 57.8 Å². The van der Waals surface area contributed by atoms with Crippen molar-refractivity contribution in [2.24, 2.45) is 17.8 Å². The van der Waals surface area contributed by atoms with Gasteiger partial charge in [-0.2, -0.15) is 52.7 Å². The van der Waals surface area contributed by atoms with Crippen LogP contribution in [0, 0.1) is 17.8 Å². The zero-order valence-electron chi connectivity index (χ0n) is 12.0. The summed E-state index contributed by atoms with van der Waals surface area (Å²) in [5.41, 5.74) is -5.18. The van der Waals surface area contributed by atoms with Gasteiger partial charge in [-0.15, -0.1) is 0 Å². The molecular weight excluding hydrogens is 388 g/mol. The van der Waals surface area contributed by atoms with Crippen LogP contribution in [-0.4, -0.2) is 35.4 Å². The molecule has 1 aliphatic carbocycles. The zero-order chi connectivity index (χ0) is 20.1. The van der Waals surface area contributed by atoms with Gasteiger partial charge in [0.05, 0.1) is 0 Å². The minimum atomic E-state index is -6.17. The van der Waals surface area contributed by atoms with Gasteiger partial charge in [-0.05, 0) is 31.6 Å². The minimum Gasteiger partial charge on any atom is -0.373 e. The number of aliphatic hydroxyl groups is 1. The largest absolute Gasteiger partial charge is 0.426 e. The molecule has 0 saturated heterocycles. The monoisotopic (exact) mass is 400 g/mol. The van der Waals surface area contributed by atoms with Gasteiger partial charge >= 0.3 is 24.7 Å². The fraction of sp³-hybridized carbons (Fsp3) is 1.00. The van der Waals surface area contributed by atoms with Crippen LogP contribution in [0.25, 0.3) is 0 Å². The van der Waals surface area contributed by atoms with E-state index in [2.05, 4.69) is 0 Å². The Kier molecular flexibility index (Phi) is 5.65. The maximum atomic E-state index is 12.7. The van der Waals surface area contributed by atoms with Crippen molar-refractivity contribution in [3.63, 3.8) is 0 Å². The quantitative estimate of drug-likeness (QED) is 0.617. The van der Waals surface area contributed by atoms with Crippen LogP contribution in [0.4, 0.5) is 52.7 Å². The Hall–Kier alpha value is -0.880. The Morgan fingerprint density at radius 2 is 0.920 bits per heavy atom. The van der Waals surface area contributed by atoms with Crippen LogP contribution in [0.1, 0.15) is 25.7 Å². The lowest BCUT2D eigenvalue weighted by molar-refractivity contribution is -0.388. The second-order valence-electron chi connectivity index (χ2n) is 5.93. The summed E-state index contributed by atoms with van der Waals surface area (Å²) in [6.45, 7) is 0. The van der Waals surface area contributed by atoms with Crippen molar-refractivity contribution >= 4 is 0 Å². The lowest BCUT2D eigenvalue weighted by Gasteiger charge is -2.43. The third-order valence-electron chi connectivity index (χ3n) is 4.40. The van der Waals surface area contributed by atoms with Crippen LogP contribution >= 0.6 is 0 Å². The molecule has 1 saturated carbocycles. The molecule has 0 heterocycles. The predicted octanol–water partition coefficient (Wildman–Crippen LogP) is 5.39. The van der Waals surface area contributed by atoms with Crippen LogP contribution < -0.4 is 0 Å². The number of hydrogen-bond acceptors (Lipinski definition) is 1. The lowest BCUT2D eigenvalue weighted by Crippen LogP contribution is -2.62. The molecule has 1 aliphatic rings. The highest BCUT2D eigenvalue weighted by Gasteiger charge is 2.74. The van der Waals surface area contributed by atoms with E-state index >= 15 is 0 Å². The van der Waals surface area contributed by atoms with Gasteiger partial charge in [-0.3, -0.25) is 0 Å². The van der Waals surface area contributed by atoms with Crippen LogP contribution in [0.15, 0.2) is 0 Å². The molecule has 0 atom stereocenters. The van der Waals surface area contributed by atoms with Crippen molar-refractivity contribution in [2.45, 2.75) is 56.0 Å². The highest BCUT2D eigenvalue weighted by molar-refractivity contribution is 5.01. The van der Waals surface area contributed by atoms with Crippen LogP contribution in [0.3, 0.4) is 0 Å². The van der Waals surface area contributed by atoms with Gasteiger partial charge in [0.2, 0.25) is 0 Å². The molecule has 0 aromatic rings. The third-order valence-corrected chi connectivity index (χ3v) is 4.40. The van der Waals surface area contributed by atoms with E-state index < -0.39 is 73.7 Å². The van der Waals surface area contributed by atoms with Gasteiger partial charge in [-0.25, -0.2) is 0 Å². The first-order valence-electron chi connectivity index (χ1n) is 6.82. The normalized spacial score (nSPS) is 24.7. The van der Waals surface area contributed by atoms with Crippen molar-refractivity contribution in [2.75, 3.05) is 0 Å². The minimum absolute atomic E-state index is 1.18. The van der Waals surface area contributed by atoms with E-state index in [1.54, 1.807) is 0 Å². The average molecular weight is 400 g/mol. The Labute approximate surface area is 133 Å². The molecule has 150 valence electrons. The molecule has 1 N–H and O–H groups in total. The highest BCUT2D eigenvalue weighted by atomic mass is 19.4. The predicted molar refractivity (Wildman–Crippen MR) is 58.1 cm³/mol. The van der Waals surface area contributed by atoms with Gasteiger partial charge in [-0.1, -0.05) is 0 Å². The summed E-state index contributed by atoms with van der Waals surface area (Å²) in [4.78, 5) is 0. The number of hydrogen-bond donors (Lipinski definition) is 1. The molecule has 0 bridgehead atoms. The first-order chi connectivity index (χ1) is 10.8. The standard InChI is InChI=1S/C12H12F12O/c13-9(14,15)7(10(16,17)18)5-1-3-6(4-2-5)8(25,11(19,20)21)12(22,23)24/h5-7,25H,1-4H2. The van der Waals surface area contributed by atoms with E-state index in [4.69, 9.17) is 5.11 Å². The summed E-state index contributed by atoms with van der Waals surface area (Å²) in [6, 6.07) is 0. The van der Waals surface area contributed by atoms with E-state index in [0.717, 1.165) is 0 Å². The number of halogens is 12. The van der Waals surface area contributed by atoms with Gasteiger partial charge in [0, 0.05) is 5.92 Å².